The second-order valence-corrected chi connectivity index (χ2v) is 6.55. The highest BCUT2D eigenvalue weighted by Gasteiger charge is 2.17. The highest BCUT2D eigenvalue weighted by atomic mass is 16.5. The number of pyridine rings is 1. The first-order valence-corrected chi connectivity index (χ1v) is 9.33. The summed E-state index contributed by atoms with van der Waals surface area (Å²) in [5, 5.41) is 0. The number of hydrogen-bond donors (Lipinski definition) is 0. The Hall–Kier alpha value is -2.07. The Balaban J connectivity index is 1.69. The largest absolute Gasteiger partial charge is 0.490 e. The van der Waals surface area contributed by atoms with Gasteiger partial charge in [-0.3, -0.25) is 9.88 Å². The molecule has 0 atom stereocenters. The fraction of sp³-hybridized carbons (Fsp3) is 0.476. The van der Waals surface area contributed by atoms with E-state index in [9.17, 15) is 0 Å². The van der Waals surface area contributed by atoms with Gasteiger partial charge in [0.05, 0.1) is 13.2 Å². The Bertz CT molecular complexity index is 687. The van der Waals surface area contributed by atoms with Gasteiger partial charge in [-0.15, -0.1) is 0 Å². The number of hydrogen-bond acceptors (Lipinski definition) is 4. The second kappa shape index (κ2) is 8.86. The van der Waals surface area contributed by atoms with Crippen molar-refractivity contribution in [2.45, 2.75) is 46.2 Å². The smallest absolute Gasteiger partial charge is 0.161 e. The maximum atomic E-state index is 5.92. The first-order chi connectivity index (χ1) is 12.3. The molecule has 0 fully saturated rings. The number of fused-ring (bicyclic) bond motifs is 1. The van der Waals surface area contributed by atoms with Crippen molar-refractivity contribution < 1.29 is 9.47 Å². The van der Waals surface area contributed by atoms with Gasteiger partial charge >= 0.3 is 0 Å². The van der Waals surface area contributed by atoms with E-state index in [1.54, 1.807) is 0 Å². The van der Waals surface area contributed by atoms with Gasteiger partial charge in [0.1, 0.15) is 0 Å². The molecular weight excluding hydrogens is 312 g/mol. The Morgan fingerprint density at radius 2 is 1.84 bits per heavy atom. The number of benzene rings is 1. The van der Waals surface area contributed by atoms with Gasteiger partial charge in [-0.25, -0.2) is 0 Å². The van der Waals surface area contributed by atoms with Crippen molar-refractivity contribution in [3.05, 3.63) is 53.3 Å². The Morgan fingerprint density at radius 3 is 2.64 bits per heavy atom. The van der Waals surface area contributed by atoms with Crippen LogP contribution >= 0.6 is 0 Å². The minimum Gasteiger partial charge on any atom is -0.490 e. The Morgan fingerprint density at radius 1 is 1.04 bits per heavy atom. The van der Waals surface area contributed by atoms with Crippen molar-refractivity contribution in [2.24, 2.45) is 0 Å². The minimum absolute atomic E-state index is 0.717. The monoisotopic (exact) mass is 340 g/mol. The molecule has 1 aromatic heterocycles. The van der Waals surface area contributed by atoms with Crippen LogP contribution in [0.5, 0.6) is 11.5 Å². The molecule has 0 amide bonds. The molecule has 2 aromatic rings. The van der Waals surface area contributed by atoms with Gasteiger partial charge in [0.15, 0.2) is 11.5 Å². The van der Waals surface area contributed by atoms with E-state index in [1.165, 1.54) is 16.8 Å². The molecule has 25 heavy (non-hydrogen) atoms. The van der Waals surface area contributed by atoms with Crippen LogP contribution in [0, 0.1) is 0 Å². The molecule has 0 bridgehead atoms. The lowest BCUT2D eigenvalue weighted by Crippen LogP contribution is -2.30. The zero-order valence-corrected chi connectivity index (χ0v) is 15.3. The van der Waals surface area contributed by atoms with Gasteiger partial charge in [-0.1, -0.05) is 26.0 Å². The lowest BCUT2D eigenvalue weighted by atomic mass is 10.0. The van der Waals surface area contributed by atoms with Crippen molar-refractivity contribution in [1.29, 1.82) is 0 Å². The van der Waals surface area contributed by atoms with Gasteiger partial charge in [0.2, 0.25) is 0 Å². The number of nitrogens with zero attached hydrogens (tertiary/aromatic N) is 2. The highest BCUT2D eigenvalue weighted by molar-refractivity contribution is 5.43. The van der Waals surface area contributed by atoms with Crippen LogP contribution in [0.3, 0.4) is 0 Å². The SMILES string of the molecule is CCCOc1ccc(CN2CCc3ncccc3C2)cc1OCCC. The van der Waals surface area contributed by atoms with Crippen LogP contribution in [0.25, 0.3) is 0 Å². The van der Waals surface area contributed by atoms with E-state index in [1.807, 2.05) is 12.3 Å². The summed E-state index contributed by atoms with van der Waals surface area (Å²) in [6.07, 6.45) is 4.90. The topological polar surface area (TPSA) is 34.6 Å². The third-order valence-corrected chi connectivity index (χ3v) is 4.38. The van der Waals surface area contributed by atoms with E-state index in [0.29, 0.717) is 6.61 Å². The Labute approximate surface area is 150 Å². The van der Waals surface area contributed by atoms with Crippen molar-refractivity contribution in [3.63, 3.8) is 0 Å². The van der Waals surface area contributed by atoms with Gasteiger partial charge in [-0.05, 0) is 42.2 Å². The summed E-state index contributed by atoms with van der Waals surface area (Å²) in [7, 11) is 0. The fourth-order valence-electron chi connectivity index (χ4n) is 3.12. The highest BCUT2D eigenvalue weighted by Crippen LogP contribution is 2.30. The average Bonchev–Trinajstić information content (AvgIpc) is 2.65. The van der Waals surface area contributed by atoms with Crippen LogP contribution in [0.4, 0.5) is 0 Å². The van der Waals surface area contributed by atoms with Gasteiger partial charge in [0.25, 0.3) is 0 Å². The van der Waals surface area contributed by atoms with Crippen LogP contribution in [0.2, 0.25) is 0 Å². The molecule has 0 radical (unpaired) electrons. The molecule has 1 aliphatic rings. The van der Waals surface area contributed by atoms with E-state index < -0.39 is 0 Å². The normalized spacial score (nSPS) is 14.2. The van der Waals surface area contributed by atoms with Crippen LogP contribution in [0.1, 0.15) is 43.5 Å². The first kappa shape index (κ1) is 17.7. The molecule has 2 heterocycles. The summed E-state index contributed by atoms with van der Waals surface area (Å²) in [6.45, 7) is 8.60. The van der Waals surface area contributed by atoms with Crippen molar-refractivity contribution in [3.8, 4) is 11.5 Å². The van der Waals surface area contributed by atoms with E-state index in [2.05, 4.69) is 48.0 Å². The van der Waals surface area contributed by atoms with E-state index in [4.69, 9.17) is 9.47 Å². The molecule has 134 valence electrons. The zero-order valence-electron chi connectivity index (χ0n) is 15.3. The third kappa shape index (κ3) is 4.73. The lowest BCUT2D eigenvalue weighted by molar-refractivity contribution is 0.241. The van der Waals surface area contributed by atoms with E-state index in [-0.39, 0.29) is 0 Å². The number of rotatable bonds is 8. The molecule has 0 aliphatic carbocycles. The predicted molar refractivity (Wildman–Crippen MR) is 100 cm³/mol. The van der Waals surface area contributed by atoms with Gasteiger partial charge < -0.3 is 9.47 Å². The van der Waals surface area contributed by atoms with Crippen LogP contribution < -0.4 is 9.47 Å². The molecule has 4 heteroatoms. The molecule has 0 saturated carbocycles. The molecule has 4 nitrogen and oxygen atoms in total. The molecular formula is C21H28N2O2. The molecule has 0 N–H and O–H groups in total. The summed E-state index contributed by atoms with van der Waals surface area (Å²) < 4.78 is 11.7. The van der Waals surface area contributed by atoms with Crippen LogP contribution in [-0.2, 0) is 19.5 Å². The van der Waals surface area contributed by atoms with Gasteiger partial charge in [0, 0.05) is 37.9 Å². The van der Waals surface area contributed by atoms with Crippen molar-refractivity contribution in [2.75, 3.05) is 19.8 Å². The van der Waals surface area contributed by atoms with Crippen molar-refractivity contribution >= 4 is 0 Å². The third-order valence-electron chi connectivity index (χ3n) is 4.38. The van der Waals surface area contributed by atoms with E-state index in [0.717, 1.165) is 57.0 Å². The fourth-order valence-corrected chi connectivity index (χ4v) is 3.12. The second-order valence-electron chi connectivity index (χ2n) is 6.55. The Kier molecular flexibility index (Phi) is 6.29. The van der Waals surface area contributed by atoms with Crippen LogP contribution in [0.15, 0.2) is 36.5 Å². The standard InChI is InChI=1S/C21H28N2O2/c1-3-12-24-20-8-7-17(14-21(20)25-13-4-2)15-23-11-9-19-18(16-23)6-5-10-22-19/h5-8,10,14H,3-4,9,11-13,15-16H2,1-2H3. The van der Waals surface area contributed by atoms with Crippen LogP contribution in [-0.4, -0.2) is 29.6 Å². The van der Waals surface area contributed by atoms with E-state index >= 15 is 0 Å². The lowest BCUT2D eigenvalue weighted by Gasteiger charge is -2.28. The molecule has 1 aromatic carbocycles. The summed E-state index contributed by atoms with van der Waals surface area (Å²) in [4.78, 5) is 6.95. The molecule has 0 spiro atoms. The maximum Gasteiger partial charge on any atom is 0.161 e. The van der Waals surface area contributed by atoms with Gasteiger partial charge in [-0.2, -0.15) is 0 Å². The number of aromatic nitrogens is 1. The molecule has 1 aliphatic heterocycles. The summed E-state index contributed by atoms with van der Waals surface area (Å²) in [5.74, 6) is 1.72. The predicted octanol–water partition coefficient (Wildman–Crippen LogP) is 4.22. The summed E-state index contributed by atoms with van der Waals surface area (Å²) >= 11 is 0. The average molecular weight is 340 g/mol. The number of ether oxygens (including phenoxy) is 2. The maximum absolute atomic E-state index is 5.92. The zero-order chi connectivity index (χ0) is 17.5. The quantitative estimate of drug-likeness (QED) is 0.721. The summed E-state index contributed by atoms with van der Waals surface area (Å²) in [6, 6.07) is 10.6. The minimum atomic E-state index is 0.717. The molecule has 0 unspecified atom stereocenters. The first-order valence-electron chi connectivity index (χ1n) is 9.33. The molecule has 0 saturated heterocycles. The summed E-state index contributed by atoms with van der Waals surface area (Å²) in [5.41, 5.74) is 3.86. The molecule has 3 rings (SSSR count). The van der Waals surface area contributed by atoms with Crippen molar-refractivity contribution in [1.82, 2.24) is 9.88 Å².